The first-order chi connectivity index (χ1) is 10.6. The van der Waals surface area contributed by atoms with Gasteiger partial charge in [-0.2, -0.15) is 0 Å². The standard InChI is InChI=1S/C12H16N2O8/c1-18-5-3-14(11(17)13-9(5)16)10-8-7(6(4-15)20-10)21-12(19-2)22-8/h3,6-8,10,12,15H,4H2,1-2H3,(H,13,16,17)/t6-,7?,8+,10-,12?/m1/s1. The van der Waals surface area contributed by atoms with Crippen molar-refractivity contribution in [2.45, 2.75) is 31.0 Å². The first kappa shape index (κ1) is 15.2. The Bertz CT molecular complexity index is 655. The van der Waals surface area contributed by atoms with E-state index in [1.54, 1.807) is 0 Å². The molecule has 0 aromatic carbocycles. The van der Waals surface area contributed by atoms with Crippen molar-refractivity contribution < 1.29 is 28.8 Å². The summed E-state index contributed by atoms with van der Waals surface area (Å²) in [5.41, 5.74) is -1.33. The highest BCUT2D eigenvalue weighted by molar-refractivity contribution is 5.12. The molecular formula is C12H16N2O8. The van der Waals surface area contributed by atoms with Gasteiger partial charge in [-0.15, -0.1) is 0 Å². The molecule has 22 heavy (non-hydrogen) atoms. The molecule has 5 atom stereocenters. The van der Waals surface area contributed by atoms with Gasteiger partial charge in [0.25, 0.3) is 12.0 Å². The van der Waals surface area contributed by atoms with Crippen LogP contribution >= 0.6 is 0 Å². The predicted molar refractivity (Wildman–Crippen MR) is 69.4 cm³/mol. The van der Waals surface area contributed by atoms with Gasteiger partial charge in [0.05, 0.1) is 19.9 Å². The van der Waals surface area contributed by atoms with Crippen LogP contribution < -0.4 is 16.0 Å². The molecule has 3 rings (SSSR count). The monoisotopic (exact) mass is 316 g/mol. The van der Waals surface area contributed by atoms with Gasteiger partial charge in [-0.05, 0) is 0 Å². The Morgan fingerprint density at radius 3 is 2.64 bits per heavy atom. The summed E-state index contributed by atoms with van der Waals surface area (Å²) < 4.78 is 27.6. The van der Waals surface area contributed by atoms with Crippen LogP contribution in [0, 0.1) is 0 Å². The minimum atomic E-state index is -0.907. The zero-order chi connectivity index (χ0) is 15.9. The average Bonchev–Trinajstić information content (AvgIpc) is 3.06. The number of aliphatic hydroxyl groups is 1. The summed E-state index contributed by atoms with van der Waals surface area (Å²) in [6, 6.07) is 0. The molecule has 122 valence electrons. The Balaban J connectivity index is 1.98. The quantitative estimate of drug-likeness (QED) is 0.664. The maximum atomic E-state index is 12.0. The van der Waals surface area contributed by atoms with Crippen LogP contribution in [-0.4, -0.2) is 60.3 Å². The topological polar surface area (TPSA) is 121 Å². The Kier molecular flexibility index (Phi) is 4.02. The zero-order valence-corrected chi connectivity index (χ0v) is 11.9. The fourth-order valence-electron chi connectivity index (χ4n) is 2.59. The average molecular weight is 316 g/mol. The molecule has 0 saturated carbocycles. The van der Waals surface area contributed by atoms with Gasteiger partial charge in [-0.3, -0.25) is 14.3 Å². The Morgan fingerprint density at radius 1 is 1.27 bits per heavy atom. The van der Waals surface area contributed by atoms with E-state index in [9.17, 15) is 14.7 Å². The van der Waals surface area contributed by atoms with Gasteiger partial charge < -0.3 is 28.8 Å². The van der Waals surface area contributed by atoms with Crippen molar-refractivity contribution in [3.63, 3.8) is 0 Å². The number of aromatic nitrogens is 2. The lowest BCUT2D eigenvalue weighted by atomic mass is 10.1. The van der Waals surface area contributed by atoms with Gasteiger partial charge in [0.1, 0.15) is 18.3 Å². The molecule has 2 N–H and O–H groups in total. The van der Waals surface area contributed by atoms with Crippen molar-refractivity contribution in [1.82, 2.24) is 9.55 Å². The SMILES string of the molecule is COc1cn([C@@H]2O[C@H](CO)C3OC(OC)O[C@@H]32)c(=O)[nH]c1=O. The number of hydrogen-bond acceptors (Lipinski definition) is 8. The molecule has 2 saturated heterocycles. The third-order valence-electron chi connectivity index (χ3n) is 3.62. The molecule has 1 aromatic rings. The normalized spacial score (nSPS) is 33.9. The van der Waals surface area contributed by atoms with Crippen LogP contribution in [0.1, 0.15) is 6.23 Å². The van der Waals surface area contributed by atoms with Gasteiger partial charge in [0, 0.05) is 7.11 Å². The van der Waals surface area contributed by atoms with E-state index in [0.717, 1.165) is 4.57 Å². The number of fused-ring (bicyclic) bond motifs is 1. The van der Waals surface area contributed by atoms with E-state index in [4.69, 9.17) is 23.7 Å². The number of methoxy groups -OCH3 is 2. The number of aromatic amines is 1. The molecule has 3 heterocycles. The van der Waals surface area contributed by atoms with Gasteiger partial charge in [-0.25, -0.2) is 4.79 Å². The van der Waals surface area contributed by atoms with Crippen LogP contribution in [0.25, 0.3) is 0 Å². The summed E-state index contributed by atoms with van der Waals surface area (Å²) in [6.45, 7) is -1.22. The third kappa shape index (κ3) is 2.34. The second-order valence-corrected chi connectivity index (χ2v) is 4.84. The number of rotatable bonds is 4. The molecule has 0 amide bonds. The minimum Gasteiger partial charge on any atom is -0.490 e. The maximum absolute atomic E-state index is 12.0. The van der Waals surface area contributed by atoms with Crippen LogP contribution in [0.2, 0.25) is 0 Å². The van der Waals surface area contributed by atoms with E-state index in [1.807, 2.05) is 0 Å². The first-order valence-electron chi connectivity index (χ1n) is 6.58. The van der Waals surface area contributed by atoms with Crippen molar-refractivity contribution in [3.05, 3.63) is 27.0 Å². The summed E-state index contributed by atoms with van der Waals surface area (Å²) in [7, 11) is 2.72. The molecule has 2 aliphatic rings. The molecule has 0 spiro atoms. The molecule has 0 bridgehead atoms. The van der Waals surface area contributed by atoms with Crippen molar-refractivity contribution in [2.75, 3.05) is 20.8 Å². The number of nitrogens with zero attached hydrogens (tertiary/aromatic N) is 1. The van der Waals surface area contributed by atoms with Crippen LogP contribution in [0.3, 0.4) is 0 Å². The van der Waals surface area contributed by atoms with E-state index < -0.39 is 42.3 Å². The number of hydrogen-bond donors (Lipinski definition) is 2. The fourth-order valence-corrected chi connectivity index (χ4v) is 2.59. The third-order valence-corrected chi connectivity index (χ3v) is 3.62. The van der Waals surface area contributed by atoms with Crippen LogP contribution in [-0.2, 0) is 18.9 Å². The lowest BCUT2D eigenvalue weighted by Crippen LogP contribution is -2.37. The van der Waals surface area contributed by atoms with E-state index >= 15 is 0 Å². The number of nitrogens with one attached hydrogen (secondary N) is 1. The first-order valence-corrected chi connectivity index (χ1v) is 6.58. The van der Waals surface area contributed by atoms with Gasteiger partial charge in [0.15, 0.2) is 6.23 Å². The largest absolute Gasteiger partial charge is 0.490 e. The summed E-state index contributed by atoms with van der Waals surface area (Å²) in [5.74, 6) is -0.0468. The van der Waals surface area contributed by atoms with Gasteiger partial charge >= 0.3 is 5.69 Å². The van der Waals surface area contributed by atoms with E-state index in [1.165, 1.54) is 20.4 Å². The molecule has 2 aliphatic heterocycles. The Morgan fingerprint density at radius 2 is 2.00 bits per heavy atom. The molecule has 10 heteroatoms. The van der Waals surface area contributed by atoms with Crippen LogP contribution in [0.4, 0.5) is 0 Å². The zero-order valence-electron chi connectivity index (χ0n) is 11.9. The highest BCUT2D eigenvalue weighted by atomic mass is 16.9. The van der Waals surface area contributed by atoms with Gasteiger partial charge in [-0.1, -0.05) is 0 Å². The highest BCUT2D eigenvalue weighted by Crippen LogP contribution is 2.38. The number of aliphatic hydroxyl groups excluding tert-OH is 1. The Hall–Kier alpha value is -1.72. The van der Waals surface area contributed by atoms with Crippen molar-refractivity contribution in [2.24, 2.45) is 0 Å². The summed E-state index contributed by atoms with van der Waals surface area (Å²) in [6.07, 6.45) is -1.60. The lowest BCUT2D eigenvalue weighted by molar-refractivity contribution is -0.257. The number of ether oxygens (including phenoxy) is 5. The molecule has 1 aromatic heterocycles. The molecule has 2 fully saturated rings. The van der Waals surface area contributed by atoms with Crippen molar-refractivity contribution in [3.8, 4) is 5.75 Å². The molecule has 10 nitrogen and oxygen atoms in total. The molecule has 2 unspecified atom stereocenters. The lowest BCUT2D eigenvalue weighted by Gasteiger charge is -2.20. The van der Waals surface area contributed by atoms with Crippen molar-refractivity contribution in [1.29, 1.82) is 0 Å². The number of H-pyrrole nitrogens is 1. The van der Waals surface area contributed by atoms with Crippen molar-refractivity contribution >= 4 is 0 Å². The Labute approximate surface area is 124 Å². The maximum Gasteiger partial charge on any atom is 0.330 e. The summed E-state index contributed by atoms with van der Waals surface area (Å²) in [5, 5.41) is 9.38. The van der Waals surface area contributed by atoms with Gasteiger partial charge in [0.2, 0.25) is 5.75 Å². The molecule has 0 radical (unpaired) electrons. The van der Waals surface area contributed by atoms with Crippen LogP contribution in [0.5, 0.6) is 5.75 Å². The van der Waals surface area contributed by atoms with E-state index in [0.29, 0.717) is 0 Å². The molecule has 0 aliphatic carbocycles. The summed E-state index contributed by atoms with van der Waals surface area (Å²) in [4.78, 5) is 25.7. The second kappa shape index (κ2) is 5.82. The fraction of sp³-hybridized carbons (Fsp3) is 0.667. The van der Waals surface area contributed by atoms with E-state index in [2.05, 4.69) is 4.98 Å². The van der Waals surface area contributed by atoms with Crippen LogP contribution in [0.15, 0.2) is 15.8 Å². The smallest absolute Gasteiger partial charge is 0.330 e. The predicted octanol–water partition coefficient (Wildman–Crippen LogP) is -1.85. The van der Waals surface area contributed by atoms with E-state index in [-0.39, 0.29) is 12.4 Å². The summed E-state index contributed by atoms with van der Waals surface area (Å²) >= 11 is 0. The second-order valence-electron chi connectivity index (χ2n) is 4.84. The molecular weight excluding hydrogens is 300 g/mol. The highest BCUT2D eigenvalue weighted by Gasteiger charge is 2.53. The minimum absolute atomic E-state index is 0.0468.